The van der Waals surface area contributed by atoms with Gasteiger partial charge < -0.3 is 9.47 Å². The van der Waals surface area contributed by atoms with Crippen molar-refractivity contribution in [3.63, 3.8) is 0 Å². The van der Waals surface area contributed by atoms with E-state index in [9.17, 15) is 9.18 Å². The van der Waals surface area contributed by atoms with Crippen LogP contribution in [0.15, 0.2) is 77.4 Å². The van der Waals surface area contributed by atoms with Crippen LogP contribution in [0.25, 0.3) is 6.08 Å². The standard InChI is InChI=1S/C25H20ClFN2O3/c1-16-21(25(30)29(28-16)20-10-8-19(27)9-11-20)13-17-7-12-23(24(14-17)31-2)32-15-18-5-3-4-6-22(18)26/h3-14H,15H2,1-2H3/b21-13-. The molecule has 7 heteroatoms. The number of hydrogen-bond donors (Lipinski definition) is 0. The molecule has 0 N–H and O–H groups in total. The van der Waals surface area contributed by atoms with E-state index in [-0.39, 0.29) is 11.7 Å². The number of ether oxygens (including phenoxy) is 2. The molecule has 0 bridgehead atoms. The van der Waals surface area contributed by atoms with Crippen molar-refractivity contribution in [1.29, 1.82) is 0 Å². The fraction of sp³-hybridized carbons (Fsp3) is 0.120. The molecule has 0 aliphatic carbocycles. The summed E-state index contributed by atoms with van der Waals surface area (Å²) in [6, 6.07) is 18.5. The molecule has 4 rings (SSSR count). The summed E-state index contributed by atoms with van der Waals surface area (Å²) in [6.45, 7) is 2.05. The summed E-state index contributed by atoms with van der Waals surface area (Å²) in [5, 5.41) is 6.21. The molecule has 32 heavy (non-hydrogen) atoms. The zero-order valence-corrected chi connectivity index (χ0v) is 18.3. The Kier molecular flexibility index (Phi) is 6.23. The number of hydrogen-bond acceptors (Lipinski definition) is 4. The Balaban J connectivity index is 1.55. The number of halogens is 2. The van der Waals surface area contributed by atoms with Crippen molar-refractivity contribution in [2.75, 3.05) is 12.1 Å². The fourth-order valence-corrected chi connectivity index (χ4v) is 3.46. The molecule has 0 saturated carbocycles. The van der Waals surface area contributed by atoms with E-state index in [1.807, 2.05) is 30.3 Å². The molecule has 0 atom stereocenters. The summed E-state index contributed by atoms with van der Waals surface area (Å²) >= 11 is 6.19. The lowest BCUT2D eigenvalue weighted by Crippen LogP contribution is -2.21. The Morgan fingerprint density at radius 3 is 2.53 bits per heavy atom. The van der Waals surface area contributed by atoms with Gasteiger partial charge in [-0.1, -0.05) is 35.9 Å². The number of rotatable bonds is 6. The third-order valence-corrected chi connectivity index (χ3v) is 5.34. The molecule has 0 radical (unpaired) electrons. The first-order valence-corrected chi connectivity index (χ1v) is 10.3. The summed E-state index contributed by atoms with van der Waals surface area (Å²) in [6.07, 6.45) is 1.74. The van der Waals surface area contributed by atoms with Crippen molar-refractivity contribution >= 4 is 35.0 Å². The zero-order valence-electron chi connectivity index (χ0n) is 17.5. The lowest BCUT2D eigenvalue weighted by Gasteiger charge is -2.13. The third kappa shape index (κ3) is 4.50. The maximum Gasteiger partial charge on any atom is 0.280 e. The van der Waals surface area contributed by atoms with Crippen LogP contribution in [0.2, 0.25) is 5.02 Å². The van der Waals surface area contributed by atoms with E-state index in [0.29, 0.717) is 40.1 Å². The largest absolute Gasteiger partial charge is 0.493 e. The molecular formula is C25H20ClFN2O3. The summed E-state index contributed by atoms with van der Waals surface area (Å²) in [5.74, 6) is 0.431. The summed E-state index contributed by atoms with van der Waals surface area (Å²) < 4.78 is 24.6. The number of carbonyl (C=O) groups is 1. The number of hydrazone groups is 1. The molecule has 3 aromatic rings. The van der Waals surface area contributed by atoms with Crippen molar-refractivity contribution < 1.29 is 18.7 Å². The molecule has 1 amide bonds. The van der Waals surface area contributed by atoms with E-state index < -0.39 is 0 Å². The minimum absolute atomic E-state index is 0.285. The van der Waals surface area contributed by atoms with Gasteiger partial charge in [0.25, 0.3) is 5.91 Å². The smallest absolute Gasteiger partial charge is 0.280 e. The Hall–Kier alpha value is -3.64. The van der Waals surface area contributed by atoms with E-state index in [1.165, 1.54) is 29.3 Å². The lowest BCUT2D eigenvalue weighted by atomic mass is 10.1. The van der Waals surface area contributed by atoms with Gasteiger partial charge in [-0.15, -0.1) is 0 Å². The van der Waals surface area contributed by atoms with Crippen molar-refractivity contribution in [2.45, 2.75) is 13.5 Å². The van der Waals surface area contributed by atoms with E-state index in [2.05, 4.69) is 5.10 Å². The number of methoxy groups -OCH3 is 1. The Labute approximate surface area is 190 Å². The topological polar surface area (TPSA) is 51.1 Å². The summed E-state index contributed by atoms with van der Waals surface area (Å²) in [7, 11) is 1.55. The molecule has 1 aliphatic rings. The van der Waals surface area contributed by atoms with Gasteiger partial charge in [-0.25, -0.2) is 4.39 Å². The van der Waals surface area contributed by atoms with Gasteiger partial charge in [0.05, 0.1) is 24.1 Å². The molecule has 0 unspecified atom stereocenters. The average Bonchev–Trinajstić information content (AvgIpc) is 3.08. The number of carbonyl (C=O) groups excluding carboxylic acids is 1. The van der Waals surface area contributed by atoms with Crippen LogP contribution in [0, 0.1) is 5.82 Å². The molecule has 0 spiro atoms. The van der Waals surface area contributed by atoms with Crippen LogP contribution in [0.1, 0.15) is 18.1 Å². The minimum atomic E-state index is -0.374. The Morgan fingerprint density at radius 2 is 1.81 bits per heavy atom. The van der Waals surface area contributed by atoms with Crippen LogP contribution in [0.4, 0.5) is 10.1 Å². The molecule has 162 valence electrons. The Morgan fingerprint density at radius 1 is 1.06 bits per heavy atom. The zero-order chi connectivity index (χ0) is 22.7. The Bertz CT molecular complexity index is 1220. The van der Waals surface area contributed by atoms with Gasteiger partial charge in [0, 0.05) is 10.6 Å². The fourth-order valence-electron chi connectivity index (χ4n) is 3.27. The number of anilines is 1. The van der Waals surface area contributed by atoms with Gasteiger partial charge in [-0.3, -0.25) is 4.79 Å². The molecule has 5 nitrogen and oxygen atoms in total. The maximum atomic E-state index is 13.2. The SMILES string of the molecule is COc1cc(/C=C2\C(=O)N(c3ccc(F)cc3)N=C2C)ccc1OCc1ccccc1Cl. The van der Waals surface area contributed by atoms with Crippen LogP contribution in [-0.2, 0) is 11.4 Å². The molecule has 1 aliphatic heterocycles. The predicted molar refractivity (Wildman–Crippen MR) is 124 cm³/mol. The molecule has 1 heterocycles. The highest BCUT2D eigenvalue weighted by molar-refractivity contribution is 6.32. The van der Waals surface area contributed by atoms with Gasteiger partial charge in [-0.2, -0.15) is 10.1 Å². The van der Waals surface area contributed by atoms with Crippen LogP contribution < -0.4 is 14.5 Å². The van der Waals surface area contributed by atoms with Crippen molar-refractivity contribution in [3.8, 4) is 11.5 Å². The van der Waals surface area contributed by atoms with E-state index in [4.69, 9.17) is 21.1 Å². The van der Waals surface area contributed by atoms with E-state index >= 15 is 0 Å². The monoisotopic (exact) mass is 450 g/mol. The van der Waals surface area contributed by atoms with Crippen LogP contribution in [0.3, 0.4) is 0 Å². The highest BCUT2D eigenvalue weighted by atomic mass is 35.5. The molecule has 0 aromatic heterocycles. The van der Waals surface area contributed by atoms with Crippen molar-refractivity contribution in [2.24, 2.45) is 5.10 Å². The number of amides is 1. The third-order valence-electron chi connectivity index (χ3n) is 4.97. The van der Waals surface area contributed by atoms with Gasteiger partial charge in [0.2, 0.25) is 0 Å². The normalized spacial score (nSPS) is 14.6. The van der Waals surface area contributed by atoms with Gasteiger partial charge in [0.15, 0.2) is 11.5 Å². The highest BCUT2D eigenvalue weighted by Gasteiger charge is 2.28. The summed E-state index contributed by atoms with van der Waals surface area (Å²) in [5.41, 5.74) is 3.14. The van der Waals surface area contributed by atoms with Crippen molar-refractivity contribution in [1.82, 2.24) is 0 Å². The van der Waals surface area contributed by atoms with E-state index in [1.54, 1.807) is 32.2 Å². The lowest BCUT2D eigenvalue weighted by molar-refractivity contribution is -0.114. The van der Waals surface area contributed by atoms with Crippen molar-refractivity contribution in [3.05, 3.63) is 94.3 Å². The van der Waals surface area contributed by atoms with Crippen LogP contribution in [0.5, 0.6) is 11.5 Å². The second-order valence-corrected chi connectivity index (χ2v) is 7.53. The second kappa shape index (κ2) is 9.24. The van der Waals surface area contributed by atoms with E-state index in [0.717, 1.165) is 11.1 Å². The number of nitrogens with zero attached hydrogens (tertiary/aromatic N) is 2. The maximum absolute atomic E-state index is 13.2. The average molecular weight is 451 g/mol. The first-order valence-electron chi connectivity index (χ1n) is 9.88. The van der Waals surface area contributed by atoms with Crippen LogP contribution in [-0.4, -0.2) is 18.7 Å². The van der Waals surface area contributed by atoms with Gasteiger partial charge in [0.1, 0.15) is 12.4 Å². The molecule has 0 saturated heterocycles. The minimum Gasteiger partial charge on any atom is -0.493 e. The predicted octanol–water partition coefficient (Wildman–Crippen LogP) is 5.87. The molecular weight excluding hydrogens is 431 g/mol. The quantitative estimate of drug-likeness (QED) is 0.441. The van der Waals surface area contributed by atoms with Gasteiger partial charge >= 0.3 is 0 Å². The first kappa shape index (κ1) is 21.6. The number of benzene rings is 3. The highest BCUT2D eigenvalue weighted by Crippen LogP contribution is 2.31. The summed E-state index contributed by atoms with van der Waals surface area (Å²) in [4.78, 5) is 12.9. The molecule has 0 fully saturated rings. The second-order valence-electron chi connectivity index (χ2n) is 7.13. The van der Waals surface area contributed by atoms with Gasteiger partial charge in [-0.05, 0) is 61.0 Å². The first-order chi connectivity index (χ1) is 15.5. The van der Waals surface area contributed by atoms with Crippen LogP contribution >= 0.6 is 11.6 Å². The molecule has 3 aromatic carbocycles.